The van der Waals surface area contributed by atoms with E-state index in [2.05, 4.69) is 37.0 Å². The molecule has 3 aromatic carbocycles. The van der Waals surface area contributed by atoms with Crippen molar-refractivity contribution in [2.75, 3.05) is 13.7 Å². The van der Waals surface area contributed by atoms with Gasteiger partial charge in [-0.15, -0.1) is 0 Å². The maximum absolute atomic E-state index is 12.4. The zero-order chi connectivity index (χ0) is 28.9. The van der Waals surface area contributed by atoms with Crippen molar-refractivity contribution >= 4 is 23.8 Å². The van der Waals surface area contributed by atoms with Crippen LogP contribution in [0.5, 0.6) is 0 Å². The number of hydrogen-bond donors (Lipinski definition) is 3. The summed E-state index contributed by atoms with van der Waals surface area (Å²) in [6.45, 7) is 12.6. The third kappa shape index (κ3) is 8.57. The molecule has 0 unspecified atom stereocenters. The normalized spacial score (nSPS) is 10.9. The number of rotatable bonds is 9. The minimum atomic E-state index is -0.460. The van der Waals surface area contributed by atoms with E-state index in [1.54, 1.807) is 18.2 Å². The Bertz CT molecular complexity index is 1310. The lowest BCUT2D eigenvalue weighted by molar-refractivity contribution is 0.0601. The second kappa shape index (κ2) is 15.1. The molecule has 39 heavy (non-hydrogen) atoms. The van der Waals surface area contributed by atoms with E-state index >= 15 is 0 Å². The van der Waals surface area contributed by atoms with Gasteiger partial charge in [-0.3, -0.25) is 4.79 Å². The van der Waals surface area contributed by atoms with E-state index in [-0.39, 0.29) is 11.7 Å². The molecule has 0 heterocycles. The summed E-state index contributed by atoms with van der Waals surface area (Å²) in [5, 5.41) is 14.2. The highest BCUT2D eigenvalue weighted by atomic mass is 16.5. The molecule has 206 valence electrons. The van der Waals surface area contributed by atoms with E-state index in [4.69, 9.17) is 15.7 Å². The van der Waals surface area contributed by atoms with Crippen LogP contribution in [-0.4, -0.2) is 36.6 Å². The number of oxime groups is 1. The van der Waals surface area contributed by atoms with E-state index in [0.29, 0.717) is 23.6 Å². The van der Waals surface area contributed by atoms with Gasteiger partial charge in [0.15, 0.2) is 5.84 Å². The number of nitrogens with two attached hydrogens (primary N) is 1. The minimum Gasteiger partial charge on any atom is -0.465 e. The molecule has 0 saturated heterocycles. The molecule has 0 fully saturated rings. The molecule has 0 radical (unpaired) electrons. The van der Waals surface area contributed by atoms with Crippen LogP contribution in [0.3, 0.4) is 0 Å². The van der Waals surface area contributed by atoms with E-state index in [9.17, 15) is 9.59 Å². The predicted molar refractivity (Wildman–Crippen MR) is 158 cm³/mol. The zero-order valence-electron chi connectivity index (χ0n) is 23.5. The fourth-order valence-corrected chi connectivity index (χ4v) is 3.86. The van der Waals surface area contributed by atoms with Gasteiger partial charge in [0.1, 0.15) is 0 Å². The largest absolute Gasteiger partial charge is 0.465 e. The second-order valence-corrected chi connectivity index (χ2v) is 9.37. The fourth-order valence-electron chi connectivity index (χ4n) is 3.86. The van der Waals surface area contributed by atoms with Crippen molar-refractivity contribution in [1.29, 1.82) is 0 Å². The molecule has 3 rings (SSSR count). The van der Waals surface area contributed by atoms with Gasteiger partial charge in [0, 0.05) is 17.7 Å². The molecule has 0 aliphatic heterocycles. The van der Waals surface area contributed by atoms with Gasteiger partial charge in [0.05, 0.1) is 12.7 Å². The van der Waals surface area contributed by atoms with Crippen molar-refractivity contribution in [3.63, 3.8) is 0 Å². The van der Waals surface area contributed by atoms with Crippen molar-refractivity contribution in [1.82, 2.24) is 5.32 Å². The lowest BCUT2D eigenvalue weighted by atomic mass is 9.91. The first kappa shape index (κ1) is 30.8. The monoisotopic (exact) mass is 529 g/mol. The molecule has 3 aromatic rings. The predicted octanol–water partition coefficient (Wildman–Crippen LogP) is 6.07. The first-order valence-corrected chi connectivity index (χ1v) is 13.0. The third-order valence-electron chi connectivity index (χ3n) is 6.16. The summed E-state index contributed by atoms with van der Waals surface area (Å²) in [6.07, 6.45) is 3.61. The Morgan fingerprint density at radius 1 is 1.00 bits per heavy atom. The summed E-state index contributed by atoms with van der Waals surface area (Å²) in [5.74, 6) is -0.155. The minimum absolute atomic E-state index is 0.151. The molecule has 0 aromatic heterocycles. The van der Waals surface area contributed by atoms with Crippen molar-refractivity contribution in [2.45, 2.75) is 40.5 Å². The van der Waals surface area contributed by atoms with Crippen molar-refractivity contribution < 1.29 is 19.5 Å². The average Bonchev–Trinajstić information content (AvgIpc) is 2.98. The standard InChI is InChI=1S/C23H27NO3.C9H12N2O/c1-6-16-8-10-19(17(7-2)12-16)20-11-9-18(13-21(20)23(26)27-5)22(25)24-14-15(3)4;1-2-7-3-5-8(6-4-7)9(10)11-12/h6,8-13,15H,1,7,14H2,2-5H3,(H,24,25);3-6,12H,2H2,1H3,(H2,10,11). The number of benzene rings is 3. The van der Waals surface area contributed by atoms with Crippen LogP contribution in [-0.2, 0) is 17.6 Å². The molecule has 7 heteroatoms. The number of aryl methyl sites for hydroxylation is 2. The first-order chi connectivity index (χ1) is 18.7. The van der Waals surface area contributed by atoms with E-state index in [1.807, 2.05) is 56.3 Å². The number of carbonyl (C=O) groups is 2. The quantitative estimate of drug-likeness (QED) is 0.102. The lowest BCUT2D eigenvalue weighted by Crippen LogP contribution is -2.27. The SMILES string of the molecule is C=Cc1ccc(-c2ccc(C(=O)NCC(C)C)cc2C(=O)OC)c(CC)c1.CCc1ccc(/C(N)=N\O)cc1. The Morgan fingerprint density at radius 3 is 2.18 bits per heavy atom. The molecule has 4 N–H and O–H groups in total. The lowest BCUT2D eigenvalue weighted by Gasteiger charge is -2.15. The van der Waals surface area contributed by atoms with E-state index in [0.717, 1.165) is 40.7 Å². The van der Waals surface area contributed by atoms with Gasteiger partial charge < -0.3 is 21.0 Å². The first-order valence-electron chi connectivity index (χ1n) is 13.0. The Balaban J connectivity index is 0.000000370. The van der Waals surface area contributed by atoms with Gasteiger partial charge in [-0.2, -0.15) is 0 Å². The number of nitrogens with one attached hydrogen (secondary N) is 1. The molecule has 1 amide bonds. The molecule has 0 saturated carbocycles. The summed E-state index contributed by atoms with van der Waals surface area (Å²) < 4.78 is 4.96. The highest BCUT2D eigenvalue weighted by Crippen LogP contribution is 2.30. The smallest absolute Gasteiger partial charge is 0.338 e. The third-order valence-corrected chi connectivity index (χ3v) is 6.16. The summed E-state index contributed by atoms with van der Waals surface area (Å²) in [6, 6.07) is 18.8. The van der Waals surface area contributed by atoms with Crippen LogP contribution >= 0.6 is 0 Å². The van der Waals surface area contributed by atoms with Gasteiger partial charge in [-0.05, 0) is 58.7 Å². The van der Waals surface area contributed by atoms with Crippen molar-refractivity contribution in [3.8, 4) is 11.1 Å². The number of amides is 1. The number of amidine groups is 1. The zero-order valence-corrected chi connectivity index (χ0v) is 23.5. The number of nitrogens with zero attached hydrogens (tertiary/aromatic N) is 1. The molecule has 0 atom stereocenters. The van der Waals surface area contributed by atoms with Crippen LogP contribution in [0, 0.1) is 5.92 Å². The second-order valence-electron chi connectivity index (χ2n) is 9.37. The maximum atomic E-state index is 12.4. The number of esters is 1. The van der Waals surface area contributed by atoms with E-state index < -0.39 is 5.97 Å². The molecular formula is C32H39N3O4. The fraction of sp³-hybridized carbons (Fsp3) is 0.281. The Morgan fingerprint density at radius 2 is 1.64 bits per heavy atom. The van der Waals surface area contributed by atoms with Crippen molar-refractivity contribution in [3.05, 3.63) is 101 Å². The van der Waals surface area contributed by atoms with Crippen molar-refractivity contribution in [2.24, 2.45) is 16.8 Å². The Kier molecular flexibility index (Phi) is 12.0. The van der Waals surface area contributed by atoms with Crippen LogP contribution in [0.25, 0.3) is 17.2 Å². The van der Waals surface area contributed by atoms with Gasteiger partial charge in [-0.25, -0.2) is 4.79 Å². The van der Waals surface area contributed by atoms with Crippen LogP contribution < -0.4 is 11.1 Å². The van der Waals surface area contributed by atoms with E-state index in [1.165, 1.54) is 12.7 Å². The molecule has 0 bridgehead atoms. The molecular weight excluding hydrogens is 490 g/mol. The summed E-state index contributed by atoms with van der Waals surface area (Å²) >= 11 is 0. The van der Waals surface area contributed by atoms with Crippen LogP contribution in [0.2, 0.25) is 0 Å². The number of methoxy groups -OCH3 is 1. The van der Waals surface area contributed by atoms with Crippen LogP contribution in [0.4, 0.5) is 0 Å². The Labute approximate surface area is 231 Å². The Hall–Kier alpha value is -4.39. The van der Waals surface area contributed by atoms with Gasteiger partial charge in [0.25, 0.3) is 5.91 Å². The highest BCUT2D eigenvalue weighted by Gasteiger charge is 2.18. The molecule has 0 aliphatic carbocycles. The van der Waals surface area contributed by atoms with Crippen LogP contribution in [0.1, 0.15) is 70.7 Å². The van der Waals surface area contributed by atoms with Crippen LogP contribution in [0.15, 0.2) is 72.4 Å². The highest BCUT2D eigenvalue weighted by molar-refractivity contribution is 6.02. The number of carbonyl (C=O) groups excluding carboxylic acids is 2. The summed E-state index contributed by atoms with van der Waals surface area (Å²) in [7, 11) is 1.35. The molecule has 0 spiro atoms. The van der Waals surface area contributed by atoms with Gasteiger partial charge >= 0.3 is 5.97 Å². The summed E-state index contributed by atoms with van der Waals surface area (Å²) in [5.41, 5.74) is 12.0. The summed E-state index contributed by atoms with van der Waals surface area (Å²) in [4.78, 5) is 24.8. The maximum Gasteiger partial charge on any atom is 0.338 e. The number of ether oxygens (including phenoxy) is 1. The number of hydrogen-bond acceptors (Lipinski definition) is 5. The topological polar surface area (TPSA) is 114 Å². The molecule has 0 aliphatic rings. The van der Waals surface area contributed by atoms with Gasteiger partial charge in [-0.1, -0.05) is 94.0 Å². The van der Waals surface area contributed by atoms with Gasteiger partial charge in [0.2, 0.25) is 0 Å². The molecule has 7 nitrogen and oxygen atoms in total. The average molecular weight is 530 g/mol.